The number of aryl methyl sites for hydroxylation is 2. The highest BCUT2D eigenvalue weighted by atomic mass is 32.2. The number of para-hydroxylation sites is 1. The van der Waals surface area contributed by atoms with Crippen LogP contribution in [0.4, 0.5) is 15.9 Å². The maximum atomic E-state index is 14.0. The summed E-state index contributed by atoms with van der Waals surface area (Å²) < 4.78 is 47.3. The number of aromatic nitrogens is 4. The summed E-state index contributed by atoms with van der Waals surface area (Å²) in [6, 6.07) is 13.0. The molecule has 3 N–H and O–H groups in total. The molecule has 3 aromatic heterocycles. The molecule has 5 aromatic rings. The van der Waals surface area contributed by atoms with Gasteiger partial charge in [0.2, 0.25) is 21.7 Å². The molecule has 0 aliphatic carbocycles. The maximum Gasteiger partial charge on any atom is 0.235 e. The molecule has 6 rings (SSSR count). The van der Waals surface area contributed by atoms with Crippen molar-refractivity contribution in [2.75, 3.05) is 22.3 Å². The number of rotatable bonds is 6. The molecule has 1 fully saturated rings. The molecule has 0 radical (unpaired) electrons. The number of halogens is 1. The second kappa shape index (κ2) is 9.49. The number of hydrogen-bond donors (Lipinski definition) is 2. The number of nitrogens with one attached hydrogen (secondary N) is 1. The van der Waals surface area contributed by atoms with Crippen LogP contribution < -0.4 is 14.8 Å². The fraction of sp³-hybridized carbons (Fsp3) is 0.179. The number of ketones is 1. The lowest BCUT2D eigenvalue weighted by Gasteiger charge is -2.19. The van der Waals surface area contributed by atoms with Crippen molar-refractivity contribution >= 4 is 38.2 Å². The topological polar surface area (TPSA) is 136 Å². The van der Waals surface area contributed by atoms with E-state index in [1.807, 2.05) is 13.0 Å². The molecule has 0 atom stereocenters. The van der Waals surface area contributed by atoms with E-state index in [4.69, 9.17) is 10.5 Å². The Balaban J connectivity index is 1.29. The van der Waals surface area contributed by atoms with Crippen LogP contribution in [0.5, 0.6) is 11.6 Å². The summed E-state index contributed by atoms with van der Waals surface area (Å²) >= 11 is 0. The Hall–Kier alpha value is -4.71. The highest BCUT2D eigenvalue weighted by molar-refractivity contribution is 7.93. The molecular formula is C28H25FN6O4S. The van der Waals surface area contributed by atoms with E-state index in [2.05, 4.69) is 15.1 Å². The standard InChI is InChI=1S/C28H25FN6O4S/c1-16-10-18-12-22(33-21(18)13-23(16)34-8-5-9-40(34,37)38)27(36)19-14-32-35(28(19)30)24-15-31-26(11-17(24)2)39-25-7-4-3-6-20(25)29/h3-4,6-7,10-15,33H,5,8-9,30H2,1-2H3. The number of ether oxygens (including phenoxy) is 1. The van der Waals surface area contributed by atoms with Crippen molar-refractivity contribution in [2.24, 2.45) is 0 Å². The summed E-state index contributed by atoms with van der Waals surface area (Å²) in [5.41, 5.74) is 10.1. The molecule has 2 aromatic carbocycles. The first-order valence-electron chi connectivity index (χ1n) is 12.5. The van der Waals surface area contributed by atoms with E-state index in [1.165, 1.54) is 33.5 Å². The van der Waals surface area contributed by atoms with Crippen LogP contribution in [0, 0.1) is 19.7 Å². The number of benzene rings is 2. The zero-order chi connectivity index (χ0) is 28.2. The predicted molar refractivity (Wildman–Crippen MR) is 149 cm³/mol. The predicted octanol–water partition coefficient (Wildman–Crippen LogP) is 4.65. The number of anilines is 2. The van der Waals surface area contributed by atoms with E-state index in [1.54, 1.807) is 37.3 Å². The van der Waals surface area contributed by atoms with Crippen LogP contribution in [0.25, 0.3) is 16.6 Å². The van der Waals surface area contributed by atoms with Gasteiger partial charge < -0.3 is 15.5 Å². The van der Waals surface area contributed by atoms with Crippen molar-refractivity contribution in [3.63, 3.8) is 0 Å². The normalized spacial score (nSPS) is 14.6. The lowest BCUT2D eigenvalue weighted by molar-refractivity contribution is 0.103. The van der Waals surface area contributed by atoms with Gasteiger partial charge in [0.1, 0.15) is 5.82 Å². The fourth-order valence-electron chi connectivity index (χ4n) is 4.89. The first-order chi connectivity index (χ1) is 19.1. The molecule has 4 heterocycles. The minimum Gasteiger partial charge on any atom is -0.436 e. The minimum atomic E-state index is -3.34. The van der Waals surface area contributed by atoms with Crippen molar-refractivity contribution in [1.82, 2.24) is 19.7 Å². The lowest BCUT2D eigenvalue weighted by Crippen LogP contribution is -2.25. The largest absolute Gasteiger partial charge is 0.436 e. The fourth-order valence-corrected chi connectivity index (χ4v) is 6.51. The molecule has 0 unspecified atom stereocenters. The third-order valence-electron chi connectivity index (χ3n) is 6.94. The maximum absolute atomic E-state index is 14.0. The summed E-state index contributed by atoms with van der Waals surface area (Å²) in [6.45, 7) is 4.08. The Bertz CT molecular complexity index is 1910. The average molecular weight is 561 g/mol. The number of sulfonamides is 1. The van der Waals surface area contributed by atoms with Crippen LogP contribution in [-0.2, 0) is 10.0 Å². The number of pyridine rings is 1. The van der Waals surface area contributed by atoms with E-state index >= 15 is 0 Å². The van der Waals surface area contributed by atoms with Crippen molar-refractivity contribution in [3.8, 4) is 17.3 Å². The quantitative estimate of drug-likeness (QED) is 0.289. The summed E-state index contributed by atoms with van der Waals surface area (Å²) in [7, 11) is -3.34. The lowest BCUT2D eigenvalue weighted by atomic mass is 10.1. The zero-order valence-corrected chi connectivity index (χ0v) is 22.5. The molecule has 10 nitrogen and oxygen atoms in total. The molecule has 1 aliphatic heterocycles. The van der Waals surface area contributed by atoms with E-state index in [0.29, 0.717) is 41.1 Å². The number of nitrogen functional groups attached to an aromatic ring is 1. The number of aromatic amines is 1. The van der Waals surface area contributed by atoms with Gasteiger partial charge in [-0.05, 0) is 61.7 Å². The Morgan fingerprint density at radius 1 is 1.07 bits per heavy atom. The van der Waals surface area contributed by atoms with Gasteiger partial charge in [0.15, 0.2) is 11.6 Å². The van der Waals surface area contributed by atoms with E-state index < -0.39 is 15.8 Å². The first kappa shape index (κ1) is 25.6. The van der Waals surface area contributed by atoms with E-state index in [9.17, 15) is 17.6 Å². The second-order valence-electron chi connectivity index (χ2n) is 9.68. The number of nitrogens with zero attached hydrogens (tertiary/aromatic N) is 4. The Kier molecular flexibility index (Phi) is 6.06. The molecule has 0 bridgehead atoms. The van der Waals surface area contributed by atoms with Crippen LogP contribution in [0.2, 0.25) is 0 Å². The van der Waals surface area contributed by atoms with Gasteiger partial charge in [0.05, 0.1) is 40.8 Å². The van der Waals surface area contributed by atoms with Gasteiger partial charge in [-0.2, -0.15) is 5.10 Å². The van der Waals surface area contributed by atoms with Crippen LogP contribution in [0.3, 0.4) is 0 Å². The third-order valence-corrected chi connectivity index (χ3v) is 8.79. The van der Waals surface area contributed by atoms with E-state index in [0.717, 1.165) is 10.9 Å². The summed E-state index contributed by atoms with van der Waals surface area (Å²) in [4.78, 5) is 20.8. The molecule has 40 heavy (non-hydrogen) atoms. The Morgan fingerprint density at radius 2 is 1.85 bits per heavy atom. The van der Waals surface area contributed by atoms with Gasteiger partial charge in [-0.1, -0.05) is 12.1 Å². The molecule has 12 heteroatoms. The van der Waals surface area contributed by atoms with Gasteiger partial charge >= 0.3 is 0 Å². The molecule has 204 valence electrons. The van der Waals surface area contributed by atoms with Gasteiger partial charge in [-0.15, -0.1) is 0 Å². The molecule has 0 saturated carbocycles. The van der Waals surface area contributed by atoms with E-state index in [-0.39, 0.29) is 34.5 Å². The van der Waals surface area contributed by atoms with Crippen LogP contribution >= 0.6 is 0 Å². The van der Waals surface area contributed by atoms with Crippen molar-refractivity contribution in [3.05, 3.63) is 89.1 Å². The van der Waals surface area contributed by atoms with Gasteiger partial charge in [0, 0.05) is 23.5 Å². The van der Waals surface area contributed by atoms with Gasteiger partial charge in [-0.25, -0.2) is 22.5 Å². The summed E-state index contributed by atoms with van der Waals surface area (Å²) in [5, 5.41) is 5.09. The SMILES string of the molecule is Cc1cc2cc(C(=O)c3cnn(-c4cnc(Oc5ccccc5F)cc4C)c3N)[nH]c2cc1N1CCCS1(=O)=O. The monoisotopic (exact) mass is 560 g/mol. The van der Waals surface area contributed by atoms with Crippen LogP contribution in [0.15, 0.2) is 60.9 Å². The molecule has 1 saturated heterocycles. The first-order valence-corrected chi connectivity index (χ1v) is 14.1. The van der Waals surface area contributed by atoms with Crippen molar-refractivity contribution in [2.45, 2.75) is 20.3 Å². The number of fused-ring (bicyclic) bond motifs is 1. The smallest absolute Gasteiger partial charge is 0.235 e. The highest BCUT2D eigenvalue weighted by Crippen LogP contribution is 2.32. The van der Waals surface area contributed by atoms with Crippen molar-refractivity contribution < 1.29 is 22.3 Å². The number of carbonyl (C=O) groups excluding carboxylic acids is 1. The highest BCUT2D eigenvalue weighted by Gasteiger charge is 2.30. The van der Waals surface area contributed by atoms with Gasteiger partial charge in [-0.3, -0.25) is 9.10 Å². The number of H-pyrrole nitrogens is 1. The number of carbonyl (C=O) groups is 1. The number of hydrogen-bond acceptors (Lipinski definition) is 7. The van der Waals surface area contributed by atoms with Gasteiger partial charge in [0.25, 0.3) is 0 Å². The molecular weight excluding hydrogens is 535 g/mol. The van der Waals surface area contributed by atoms with Crippen LogP contribution in [-0.4, -0.2) is 46.2 Å². The van der Waals surface area contributed by atoms with Crippen molar-refractivity contribution in [1.29, 1.82) is 0 Å². The Labute approximate surface area is 229 Å². The number of nitrogens with two attached hydrogens (primary N) is 1. The zero-order valence-electron chi connectivity index (χ0n) is 21.7. The average Bonchev–Trinajstić information content (AvgIpc) is 3.60. The summed E-state index contributed by atoms with van der Waals surface area (Å²) in [6.07, 6.45) is 3.45. The molecule has 0 amide bonds. The summed E-state index contributed by atoms with van der Waals surface area (Å²) in [5.74, 6) is -0.373. The third kappa shape index (κ3) is 4.35. The minimum absolute atomic E-state index is 0.0522. The Morgan fingerprint density at radius 3 is 2.58 bits per heavy atom. The van der Waals surface area contributed by atoms with Crippen LogP contribution in [0.1, 0.15) is 33.6 Å². The molecule has 1 aliphatic rings. The second-order valence-corrected chi connectivity index (χ2v) is 11.7. The molecule has 0 spiro atoms.